The number of sulfonamides is 2. The molecule has 11 heteroatoms. The van der Waals surface area contributed by atoms with E-state index in [4.69, 9.17) is 4.74 Å². The maximum Gasteiger partial charge on any atom is 0.261 e. The van der Waals surface area contributed by atoms with Crippen LogP contribution < -0.4 is 19.5 Å². The summed E-state index contributed by atoms with van der Waals surface area (Å²) >= 11 is 0. The van der Waals surface area contributed by atoms with Crippen LogP contribution in [0.15, 0.2) is 88.7 Å². The highest BCUT2D eigenvalue weighted by Crippen LogP contribution is 2.18. The first-order valence-electron chi connectivity index (χ1n) is 9.81. The first-order valence-corrected chi connectivity index (χ1v) is 12.8. The first-order chi connectivity index (χ1) is 15.7. The van der Waals surface area contributed by atoms with E-state index in [1.807, 2.05) is 0 Å². The van der Waals surface area contributed by atoms with E-state index >= 15 is 0 Å². The second kappa shape index (κ2) is 10.5. The van der Waals surface area contributed by atoms with Gasteiger partial charge in [0.05, 0.1) is 16.9 Å². The summed E-state index contributed by atoms with van der Waals surface area (Å²) in [6.07, 6.45) is -0.106. The van der Waals surface area contributed by atoms with Crippen LogP contribution >= 0.6 is 0 Å². The number of anilines is 2. The number of hydrogen-bond acceptors (Lipinski definition) is 6. The summed E-state index contributed by atoms with van der Waals surface area (Å²) in [6.45, 7) is -0.104. The van der Waals surface area contributed by atoms with Crippen molar-refractivity contribution in [3.8, 4) is 5.75 Å². The van der Waals surface area contributed by atoms with Gasteiger partial charge in [-0.3, -0.25) is 9.52 Å². The normalized spacial score (nSPS) is 11.5. The molecule has 0 aliphatic heterocycles. The molecule has 9 nitrogen and oxygen atoms in total. The van der Waals surface area contributed by atoms with Crippen molar-refractivity contribution in [3.63, 3.8) is 0 Å². The third-order valence-corrected chi connectivity index (χ3v) is 7.36. The lowest BCUT2D eigenvalue weighted by Crippen LogP contribution is -2.27. The zero-order valence-corrected chi connectivity index (χ0v) is 19.3. The smallest absolute Gasteiger partial charge is 0.261 e. The molecule has 0 bridgehead atoms. The zero-order valence-electron chi connectivity index (χ0n) is 17.7. The molecule has 0 fully saturated rings. The Labute approximate surface area is 192 Å². The maximum absolute atomic E-state index is 12.5. The Morgan fingerprint density at radius 1 is 0.758 bits per heavy atom. The van der Waals surface area contributed by atoms with E-state index in [1.54, 1.807) is 30.3 Å². The number of methoxy groups -OCH3 is 1. The van der Waals surface area contributed by atoms with Crippen LogP contribution in [0, 0.1) is 0 Å². The van der Waals surface area contributed by atoms with E-state index in [9.17, 15) is 21.6 Å². The molecule has 3 rings (SSSR count). The van der Waals surface area contributed by atoms with Gasteiger partial charge in [0, 0.05) is 24.3 Å². The predicted molar refractivity (Wildman–Crippen MR) is 125 cm³/mol. The summed E-state index contributed by atoms with van der Waals surface area (Å²) in [4.78, 5) is 12.2. The Morgan fingerprint density at radius 3 is 1.94 bits per heavy atom. The highest BCUT2D eigenvalue weighted by Gasteiger charge is 2.16. The molecule has 0 radical (unpaired) electrons. The lowest BCUT2D eigenvalue weighted by atomic mass is 10.3. The van der Waals surface area contributed by atoms with Crippen molar-refractivity contribution >= 4 is 37.3 Å². The molecule has 3 aromatic rings. The molecule has 0 aliphatic rings. The van der Waals surface area contributed by atoms with Gasteiger partial charge in [0.15, 0.2) is 0 Å². The molecule has 0 aromatic heterocycles. The Kier molecular flexibility index (Phi) is 7.69. The van der Waals surface area contributed by atoms with Gasteiger partial charge in [0.25, 0.3) is 10.0 Å². The Bertz CT molecular complexity index is 1290. The van der Waals surface area contributed by atoms with Crippen LogP contribution in [0.3, 0.4) is 0 Å². The number of carbonyl (C=O) groups excluding carboxylic acids is 1. The summed E-state index contributed by atoms with van der Waals surface area (Å²) < 4.78 is 59.3. The molecule has 0 saturated carbocycles. The number of carbonyl (C=O) groups is 1. The number of amides is 1. The van der Waals surface area contributed by atoms with E-state index in [-0.39, 0.29) is 22.8 Å². The summed E-state index contributed by atoms with van der Waals surface area (Å²) in [5.41, 5.74) is 0.823. The minimum Gasteiger partial charge on any atom is -0.497 e. The second-order valence-corrected chi connectivity index (χ2v) is 10.3. The van der Waals surface area contributed by atoms with Crippen molar-refractivity contribution in [2.75, 3.05) is 23.7 Å². The van der Waals surface area contributed by atoms with Crippen molar-refractivity contribution < 1.29 is 26.4 Å². The molecular weight excluding hydrogens is 466 g/mol. The average molecular weight is 490 g/mol. The highest BCUT2D eigenvalue weighted by molar-refractivity contribution is 7.92. The average Bonchev–Trinajstić information content (AvgIpc) is 2.80. The van der Waals surface area contributed by atoms with Gasteiger partial charge in [-0.15, -0.1) is 0 Å². The van der Waals surface area contributed by atoms with Crippen LogP contribution in [-0.4, -0.2) is 36.4 Å². The number of rotatable bonds is 10. The van der Waals surface area contributed by atoms with Gasteiger partial charge in [-0.1, -0.05) is 18.2 Å². The number of hydrogen-bond donors (Lipinski definition) is 3. The summed E-state index contributed by atoms with van der Waals surface area (Å²) in [5, 5.41) is 2.61. The van der Waals surface area contributed by atoms with Gasteiger partial charge < -0.3 is 10.1 Å². The van der Waals surface area contributed by atoms with Crippen LogP contribution in [0.4, 0.5) is 11.4 Å². The molecule has 3 N–H and O–H groups in total. The fourth-order valence-corrected chi connectivity index (χ4v) is 4.89. The lowest BCUT2D eigenvalue weighted by Gasteiger charge is -2.10. The van der Waals surface area contributed by atoms with Gasteiger partial charge in [-0.2, -0.15) is 0 Å². The standard InChI is InChI=1S/C22H23N3O6S2/c1-31-19-9-13-20(14-10-19)32(27,28)23-16-15-22(26)24-17-7-11-21(12-8-17)33(29,30)25-18-5-3-2-4-6-18/h2-14,23,25H,15-16H2,1H3,(H,24,26). The molecular formula is C22H23N3O6S2. The molecule has 1 amide bonds. The van der Waals surface area contributed by atoms with Gasteiger partial charge in [-0.25, -0.2) is 21.6 Å². The fraction of sp³-hybridized carbons (Fsp3) is 0.136. The SMILES string of the molecule is COc1ccc(S(=O)(=O)NCCC(=O)Nc2ccc(S(=O)(=O)Nc3ccccc3)cc2)cc1. The monoisotopic (exact) mass is 489 g/mol. The molecule has 33 heavy (non-hydrogen) atoms. The number of benzene rings is 3. The summed E-state index contributed by atoms with van der Waals surface area (Å²) in [7, 11) is -6.05. The summed E-state index contributed by atoms with van der Waals surface area (Å²) in [5.74, 6) is 0.105. The molecule has 0 aliphatic carbocycles. The topological polar surface area (TPSA) is 131 Å². The van der Waals surface area contributed by atoms with Crippen molar-refractivity contribution in [2.45, 2.75) is 16.2 Å². The zero-order chi connectivity index (χ0) is 23.9. The number of nitrogens with one attached hydrogen (secondary N) is 3. The molecule has 0 atom stereocenters. The minimum absolute atomic E-state index is 0.0385. The van der Waals surface area contributed by atoms with Crippen molar-refractivity contribution in [1.82, 2.24) is 4.72 Å². The van der Waals surface area contributed by atoms with Crippen LogP contribution in [0.1, 0.15) is 6.42 Å². The first kappa shape index (κ1) is 24.2. The molecule has 174 valence electrons. The third-order valence-electron chi connectivity index (χ3n) is 4.49. The summed E-state index contributed by atoms with van der Waals surface area (Å²) in [6, 6.07) is 20.0. The molecule has 3 aromatic carbocycles. The Hall–Kier alpha value is -3.41. The minimum atomic E-state index is -3.77. The second-order valence-electron chi connectivity index (χ2n) is 6.87. The van der Waals surface area contributed by atoms with Gasteiger partial charge >= 0.3 is 0 Å². The molecule has 0 unspecified atom stereocenters. The molecule has 0 spiro atoms. The largest absolute Gasteiger partial charge is 0.497 e. The molecule has 0 heterocycles. The predicted octanol–water partition coefficient (Wildman–Crippen LogP) is 2.80. The Morgan fingerprint density at radius 2 is 1.33 bits per heavy atom. The van der Waals surface area contributed by atoms with Gasteiger partial charge in [0.2, 0.25) is 15.9 Å². The third kappa shape index (κ3) is 6.78. The van der Waals surface area contributed by atoms with E-state index in [2.05, 4.69) is 14.8 Å². The van der Waals surface area contributed by atoms with Crippen LogP contribution in [0.5, 0.6) is 5.75 Å². The van der Waals surface area contributed by atoms with E-state index < -0.39 is 26.0 Å². The molecule has 0 saturated heterocycles. The van der Waals surface area contributed by atoms with Crippen molar-refractivity contribution in [3.05, 3.63) is 78.9 Å². The quantitative estimate of drug-likeness (QED) is 0.401. The van der Waals surface area contributed by atoms with Crippen molar-refractivity contribution in [1.29, 1.82) is 0 Å². The van der Waals surface area contributed by atoms with E-state index in [1.165, 1.54) is 55.6 Å². The number of para-hydroxylation sites is 1. The highest BCUT2D eigenvalue weighted by atomic mass is 32.2. The Balaban J connectivity index is 1.52. The lowest BCUT2D eigenvalue weighted by molar-refractivity contribution is -0.116. The fourth-order valence-electron chi connectivity index (χ4n) is 2.80. The van der Waals surface area contributed by atoms with Crippen LogP contribution in [0.2, 0.25) is 0 Å². The van der Waals surface area contributed by atoms with Crippen molar-refractivity contribution in [2.24, 2.45) is 0 Å². The number of ether oxygens (including phenoxy) is 1. The van der Waals surface area contributed by atoms with Crippen LogP contribution in [-0.2, 0) is 24.8 Å². The van der Waals surface area contributed by atoms with E-state index in [0.29, 0.717) is 17.1 Å². The van der Waals surface area contributed by atoms with Gasteiger partial charge in [-0.05, 0) is 60.7 Å². The van der Waals surface area contributed by atoms with Crippen LogP contribution in [0.25, 0.3) is 0 Å². The van der Waals surface area contributed by atoms with E-state index in [0.717, 1.165) is 0 Å². The maximum atomic E-state index is 12.5. The van der Waals surface area contributed by atoms with Gasteiger partial charge in [0.1, 0.15) is 5.75 Å².